The SMILES string of the molecule is O=C(CC1CCCC1)NCc1cccnc1-c1ccsc1. The molecule has 1 fully saturated rings. The van der Waals surface area contributed by atoms with E-state index in [9.17, 15) is 4.79 Å². The highest BCUT2D eigenvalue weighted by atomic mass is 32.1. The van der Waals surface area contributed by atoms with E-state index >= 15 is 0 Å². The van der Waals surface area contributed by atoms with Gasteiger partial charge in [0.05, 0.1) is 5.69 Å². The molecule has 1 saturated carbocycles. The molecule has 2 heterocycles. The van der Waals surface area contributed by atoms with Gasteiger partial charge in [-0.05, 0) is 41.8 Å². The Morgan fingerprint density at radius 1 is 1.33 bits per heavy atom. The van der Waals surface area contributed by atoms with Crippen LogP contribution >= 0.6 is 11.3 Å². The maximum Gasteiger partial charge on any atom is 0.220 e. The van der Waals surface area contributed by atoms with E-state index in [-0.39, 0.29) is 5.91 Å². The van der Waals surface area contributed by atoms with Gasteiger partial charge in [-0.1, -0.05) is 18.9 Å². The third-order valence-corrected chi connectivity index (χ3v) is 4.79. The predicted octanol–water partition coefficient (Wildman–Crippen LogP) is 4.01. The van der Waals surface area contributed by atoms with Gasteiger partial charge in [0.25, 0.3) is 0 Å². The zero-order chi connectivity index (χ0) is 14.5. The highest BCUT2D eigenvalue weighted by Crippen LogP contribution is 2.27. The molecule has 21 heavy (non-hydrogen) atoms. The number of nitrogens with one attached hydrogen (secondary N) is 1. The Kier molecular flexibility index (Phi) is 4.65. The zero-order valence-electron chi connectivity index (χ0n) is 12.0. The van der Waals surface area contributed by atoms with E-state index in [0.29, 0.717) is 18.9 Å². The van der Waals surface area contributed by atoms with Crippen LogP contribution in [-0.2, 0) is 11.3 Å². The van der Waals surface area contributed by atoms with Gasteiger partial charge in [-0.2, -0.15) is 11.3 Å². The van der Waals surface area contributed by atoms with Crippen LogP contribution in [0.1, 0.15) is 37.7 Å². The van der Waals surface area contributed by atoms with Crippen molar-refractivity contribution in [3.05, 3.63) is 40.7 Å². The average Bonchev–Trinajstić information content (AvgIpc) is 3.18. The van der Waals surface area contributed by atoms with Crippen molar-refractivity contribution in [2.75, 3.05) is 0 Å². The number of carbonyl (C=O) groups excluding carboxylic acids is 1. The number of amides is 1. The van der Waals surface area contributed by atoms with Crippen LogP contribution in [0.3, 0.4) is 0 Å². The molecule has 0 aliphatic heterocycles. The van der Waals surface area contributed by atoms with Crippen molar-refractivity contribution in [3.63, 3.8) is 0 Å². The quantitative estimate of drug-likeness (QED) is 0.906. The van der Waals surface area contributed by atoms with Gasteiger partial charge in [0.15, 0.2) is 0 Å². The van der Waals surface area contributed by atoms with Gasteiger partial charge in [0.2, 0.25) is 5.91 Å². The van der Waals surface area contributed by atoms with Crippen molar-refractivity contribution in [2.45, 2.75) is 38.6 Å². The van der Waals surface area contributed by atoms with Crippen molar-refractivity contribution < 1.29 is 4.79 Å². The largest absolute Gasteiger partial charge is 0.352 e. The summed E-state index contributed by atoms with van der Waals surface area (Å²) in [5.74, 6) is 0.761. The second-order valence-corrected chi connectivity index (χ2v) is 6.43. The zero-order valence-corrected chi connectivity index (χ0v) is 12.9. The van der Waals surface area contributed by atoms with Crippen LogP contribution in [0.5, 0.6) is 0 Å². The van der Waals surface area contributed by atoms with E-state index in [2.05, 4.69) is 21.7 Å². The molecule has 0 unspecified atom stereocenters. The van der Waals surface area contributed by atoms with E-state index in [1.165, 1.54) is 25.7 Å². The summed E-state index contributed by atoms with van der Waals surface area (Å²) in [6, 6.07) is 6.03. The number of rotatable bonds is 5. The van der Waals surface area contributed by atoms with Gasteiger partial charge in [-0.15, -0.1) is 0 Å². The lowest BCUT2D eigenvalue weighted by Crippen LogP contribution is -2.24. The first-order valence-electron chi connectivity index (χ1n) is 7.56. The number of pyridine rings is 1. The van der Waals surface area contributed by atoms with E-state index in [4.69, 9.17) is 0 Å². The first-order chi connectivity index (χ1) is 10.3. The Bertz CT molecular complexity index is 589. The molecule has 3 rings (SSSR count). The highest BCUT2D eigenvalue weighted by Gasteiger charge is 2.18. The lowest BCUT2D eigenvalue weighted by atomic mass is 10.0. The molecule has 0 saturated heterocycles. The Morgan fingerprint density at radius 3 is 2.95 bits per heavy atom. The topological polar surface area (TPSA) is 42.0 Å². The first kappa shape index (κ1) is 14.3. The van der Waals surface area contributed by atoms with Crippen molar-refractivity contribution in [2.24, 2.45) is 5.92 Å². The normalized spacial score (nSPS) is 15.2. The molecule has 0 atom stereocenters. The van der Waals surface area contributed by atoms with Gasteiger partial charge >= 0.3 is 0 Å². The first-order valence-corrected chi connectivity index (χ1v) is 8.50. The minimum absolute atomic E-state index is 0.169. The second-order valence-electron chi connectivity index (χ2n) is 5.65. The van der Waals surface area contributed by atoms with Crippen LogP contribution in [-0.4, -0.2) is 10.9 Å². The Balaban J connectivity index is 1.61. The van der Waals surface area contributed by atoms with E-state index in [0.717, 1.165) is 16.8 Å². The van der Waals surface area contributed by atoms with Gasteiger partial charge in [0, 0.05) is 30.1 Å². The Labute approximate surface area is 129 Å². The number of thiophene rings is 1. The Morgan fingerprint density at radius 2 is 2.19 bits per heavy atom. The van der Waals surface area contributed by atoms with Crippen LogP contribution in [0.25, 0.3) is 11.3 Å². The molecule has 2 aromatic heterocycles. The fraction of sp³-hybridized carbons (Fsp3) is 0.412. The maximum atomic E-state index is 12.0. The average molecular weight is 300 g/mol. The van der Waals surface area contributed by atoms with Gasteiger partial charge in [-0.25, -0.2) is 0 Å². The molecule has 1 aliphatic rings. The molecular weight excluding hydrogens is 280 g/mol. The maximum absolute atomic E-state index is 12.0. The van der Waals surface area contributed by atoms with Crippen molar-refractivity contribution in [1.82, 2.24) is 10.3 Å². The lowest BCUT2D eigenvalue weighted by Gasteiger charge is -2.11. The molecular formula is C17H20N2OS. The Hall–Kier alpha value is -1.68. The fourth-order valence-electron chi connectivity index (χ4n) is 2.98. The molecule has 0 radical (unpaired) electrons. The third kappa shape index (κ3) is 3.70. The van der Waals surface area contributed by atoms with Crippen molar-refractivity contribution in [3.8, 4) is 11.3 Å². The van der Waals surface area contributed by atoms with E-state index in [1.54, 1.807) is 17.5 Å². The summed E-state index contributed by atoms with van der Waals surface area (Å²) in [4.78, 5) is 16.5. The van der Waals surface area contributed by atoms with Crippen molar-refractivity contribution in [1.29, 1.82) is 0 Å². The number of nitrogens with zero attached hydrogens (tertiary/aromatic N) is 1. The summed E-state index contributed by atoms with van der Waals surface area (Å²) < 4.78 is 0. The molecule has 4 heteroatoms. The molecule has 1 N–H and O–H groups in total. The lowest BCUT2D eigenvalue weighted by molar-refractivity contribution is -0.122. The van der Waals surface area contributed by atoms with Crippen molar-refractivity contribution >= 4 is 17.2 Å². The van der Waals surface area contributed by atoms with Crippen LogP contribution < -0.4 is 5.32 Å². The molecule has 0 bridgehead atoms. The number of aromatic nitrogens is 1. The monoisotopic (exact) mass is 300 g/mol. The molecule has 110 valence electrons. The molecule has 0 aromatic carbocycles. The van der Waals surface area contributed by atoms with Crippen LogP contribution in [0.4, 0.5) is 0 Å². The number of hydrogen-bond acceptors (Lipinski definition) is 3. The standard InChI is InChI=1S/C17H20N2OS/c20-16(10-13-4-1-2-5-13)19-11-14-6-3-8-18-17(14)15-7-9-21-12-15/h3,6-9,12-13H,1-2,4-5,10-11H2,(H,19,20). The fourth-order valence-corrected chi connectivity index (χ4v) is 3.62. The minimum Gasteiger partial charge on any atom is -0.352 e. The van der Waals surface area contributed by atoms with E-state index in [1.807, 2.05) is 17.5 Å². The van der Waals surface area contributed by atoms with Gasteiger partial charge in [0.1, 0.15) is 0 Å². The summed E-state index contributed by atoms with van der Waals surface area (Å²) >= 11 is 1.66. The van der Waals surface area contributed by atoms with Crippen LogP contribution in [0.2, 0.25) is 0 Å². The smallest absolute Gasteiger partial charge is 0.220 e. The van der Waals surface area contributed by atoms with Gasteiger partial charge in [-0.3, -0.25) is 9.78 Å². The number of carbonyl (C=O) groups is 1. The van der Waals surface area contributed by atoms with Crippen LogP contribution in [0, 0.1) is 5.92 Å². The molecule has 1 aliphatic carbocycles. The minimum atomic E-state index is 0.169. The summed E-state index contributed by atoms with van der Waals surface area (Å²) in [6.07, 6.45) is 7.46. The number of hydrogen-bond donors (Lipinski definition) is 1. The molecule has 1 amide bonds. The van der Waals surface area contributed by atoms with Gasteiger partial charge < -0.3 is 5.32 Å². The summed E-state index contributed by atoms with van der Waals surface area (Å²) in [5, 5.41) is 7.19. The molecule has 3 nitrogen and oxygen atoms in total. The summed E-state index contributed by atoms with van der Waals surface area (Å²) in [7, 11) is 0. The van der Waals surface area contributed by atoms with Crippen LogP contribution in [0.15, 0.2) is 35.2 Å². The predicted molar refractivity (Wildman–Crippen MR) is 86.0 cm³/mol. The van der Waals surface area contributed by atoms with E-state index < -0.39 is 0 Å². The summed E-state index contributed by atoms with van der Waals surface area (Å²) in [6.45, 7) is 0.560. The molecule has 0 spiro atoms. The highest BCUT2D eigenvalue weighted by molar-refractivity contribution is 7.08. The third-order valence-electron chi connectivity index (χ3n) is 4.11. The second kappa shape index (κ2) is 6.85. The molecule has 2 aromatic rings. The summed E-state index contributed by atoms with van der Waals surface area (Å²) in [5.41, 5.74) is 3.18.